The lowest BCUT2D eigenvalue weighted by molar-refractivity contribution is -0.145. The zero-order valence-electron chi connectivity index (χ0n) is 37.7. The molecule has 4 heterocycles. The molecule has 2 unspecified atom stereocenters. The number of aromatic nitrogens is 6. The van der Waals surface area contributed by atoms with E-state index in [1.165, 1.54) is 40.8 Å². The normalized spacial score (nSPS) is 11.9. The van der Waals surface area contributed by atoms with Crippen molar-refractivity contribution in [3.05, 3.63) is 166 Å². The molecule has 4 amide bonds. The van der Waals surface area contributed by atoms with Crippen LogP contribution in [0.15, 0.2) is 137 Å². The number of para-hydroxylation sites is 2. The number of anilines is 2. The van der Waals surface area contributed by atoms with Gasteiger partial charge in [0.15, 0.2) is 0 Å². The number of amides is 4. The first kappa shape index (κ1) is 47.3. The van der Waals surface area contributed by atoms with Gasteiger partial charge >= 0.3 is 24.0 Å². The molecule has 356 valence electrons. The minimum Gasteiger partial charge on any atom is -0.464 e. The molecule has 9 rings (SSSR count). The van der Waals surface area contributed by atoms with Crippen molar-refractivity contribution in [2.45, 2.75) is 39.3 Å². The molecule has 2 atom stereocenters. The van der Waals surface area contributed by atoms with Gasteiger partial charge in [0.2, 0.25) is 0 Å². The zero-order chi connectivity index (χ0) is 49.5. The molecule has 0 saturated heterocycles. The number of pyridine rings is 2. The number of ether oxygens (including phenoxy) is 2. The average Bonchev–Trinajstić information content (AvgIpc) is 3.88. The van der Waals surface area contributed by atoms with Crippen LogP contribution in [0.3, 0.4) is 0 Å². The van der Waals surface area contributed by atoms with E-state index < -0.39 is 47.7 Å². The van der Waals surface area contributed by atoms with Crippen LogP contribution in [0.2, 0.25) is 0 Å². The maximum absolute atomic E-state index is 14.1. The number of nitrogens with zero attached hydrogens (tertiary/aromatic N) is 4. The first-order valence-corrected chi connectivity index (χ1v) is 21.9. The largest absolute Gasteiger partial charge is 0.464 e. The molecule has 0 aliphatic carbocycles. The fourth-order valence-corrected chi connectivity index (χ4v) is 7.56. The average molecular weight is 951 g/mol. The highest BCUT2D eigenvalue weighted by Crippen LogP contribution is 2.25. The van der Waals surface area contributed by atoms with Crippen molar-refractivity contribution < 1.29 is 37.4 Å². The zero-order valence-corrected chi connectivity index (χ0v) is 37.7. The van der Waals surface area contributed by atoms with Crippen LogP contribution in [-0.4, -0.2) is 78.8 Å². The van der Waals surface area contributed by atoms with Crippen LogP contribution in [-0.2, 0) is 25.5 Å². The first-order chi connectivity index (χ1) is 33.8. The number of carbonyl (C=O) groups is 4. The number of aromatic amines is 2. The summed E-state index contributed by atoms with van der Waals surface area (Å²) in [6, 6.07) is 28.7. The smallest absolute Gasteiger partial charge is 0.329 e. The van der Waals surface area contributed by atoms with Crippen molar-refractivity contribution >= 4 is 79.0 Å². The second kappa shape index (κ2) is 20.8. The summed E-state index contributed by atoms with van der Waals surface area (Å²) in [5.41, 5.74) is 3.45. The SMILES string of the molecule is CCOC(=O)C(C)NC(=O)Nc1ccc(-n2[nH]c3c(cnc4c(F)cccc43)c2=O)cc1.CCOC(=O)C(Cc1ccccc1)NC(=O)Nc1ccc(-n2[nH]c3c(cnc4c(F)cccc43)c2=O)cc1. The van der Waals surface area contributed by atoms with Crippen molar-refractivity contribution in [1.82, 2.24) is 40.2 Å². The summed E-state index contributed by atoms with van der Waals surface area (Å²) in [6.07, 6.45) is 2.98. The van der Waals surface area contributed by atoms with Gasteiger partial charge in [-0.25, -0.2) is 37.3 Å². The van der Waals surface area contributed by atoms with Gasteiger partial charge in [-0.15, -0.1) is 0 Å². The molecule has 4 aromatic heterocycles. The highest BCUT2D eigenvalue weighted by atomic mass is 19.1. The summed E-state index contributed by atoms with van der Waals surface area (Å²) in [6.45, 7) is 5.33. The lowest BCUT2D eigenvalue weighted by Gasteiger charge is -2.18. The third kappa shape index (κ3) is 10.2. The molecule has 0 bridgehead atoms. The van der Waals surface area contributed by atoms with Gasteiger partial charge in [0.25, 0.3) is 11.1 Å². The van der Waals surface area contributed by atoms with Gasteiger partial charge < -0.3 is 30.7 Å². The molecular formula is C50H44F2N10O8. The topological polar surface area (TPSA) is 236 Å². The second-order valence-electron chi connectivity index (χ2n) is 15.6. The van der Waals surface area contributed by atoms with Gasteiger partial charge in [-0.2, -0.15) is 0 Å². The Morgan fingerprint density at radius 2 is 1.04 bits per heavy atom. The lowest BCUT2D eigenvalue weighted by Crippen LogP contribution is -2.45. The van der Waals surface area contributed by atoms with Gasteiger partial charge in [0.1, 0.15) is 34.8 Å². The molecular weight excluding hydrogens is 907 g/mol. The fraction of sp³-hybridized carbons (Fsp3) is 0.160. The van der Waals surface area contributed by atoms with Crippen molar-refractivity contribution in [1.29, 1.82) is 0 Å². The van der Waals surface area contributed by atoms with Crippen molar-refractivity contribution in [3.8, 4) is 11.4 Å². The van der Waals surface area contributed by atoms with Crippen LogP contribution < -0.4 is 32.4 Å². The highest BCUT2D eigenvalue weighted by molar-refractivity contribution is 6.04. The van der Waals surface area contributed by atoms with E-state index in [0.717, 1.165) is 5.56 Å². The quantitative estimate of drug-likeness (QED) is 0.0665. The summed E-state index contributed by atoms with van der Waals surface area (Å²) < 4.78 is 40.8. The third-order valence-corrected chi connectivity index (χ3v) is 10.9. The van der Waals surface area contributed by atoms with E-state index in [-0.39, 0.29) is 41.8 Å². The number of nitrogens with one attached hydrogen (secondary N) is 6. The van der Waals surface area contributed by atoms with E-state index in [4.69, 9.17) is 9.47 Å². The summed E-state index contributed by atoms with van der Waals surface area (Å²) >= 11 is 0. The Bertz CT molecular complexity index is 3520. The molecule has 0 aliphatic rings. The summed E-state index contributed by atoms with van der Waals surface area (Å²) in [5.74, 6) is -2.00. The van der Waals surface area contributed by atoms with Gasteiger partial charge in [-0.1, -0.05) is 54.6 Å². The maximum Gasteiger partial charge on any atom is 0.329 e. The number of hydrogen-bond donors (Lipinski definition) is 6. The summed E-state index contributed by atoms with van der Waals surface area (Å²) in [5, 5.41) is 18.2. The van der Waals surface area contributed by atoms with E-state index in [2.05, 4.69) is 41.4 Å². The van der Waals surface area contributed by atoms with Crippen LogP contribution in [0.4, 0.5) is 29.7 Å². The maximum atomic E-state index is 14.1. The van der Waals surface area contributed by atoms with Gasteiger partial charge in [-0.3, -0.25) is 29.8 Å². The molecule has 6 N–H and O–H groups in total. The molecule has 0 fully saturated rings. The standard InChI is InChI=1S/C28H24FN5O4.C22H20FN5O4/c1-2-38-27(36)23(15-17-7-4-3-5-8-17)32-28(37)31-18-11-13-19(14-12-18)34-26(35)21-16-30-25-20(24(21)33-34)9-6-10-22(25)29;1-3-32-21(30)12(2)25-22(31)26-13-7-9-14(10-8-13)28-20(29)16-11-24-19-15(18(16)27-28)5-4-6-17(19)23/h3-14,16,23,33H,2,15H2,1H3,(H2,31,32,37);4-12,27H,3H2,1-2H3,(H2,25,26,31). The fourth-order valence-electron chi connectivity index (χ4n) is 7.56. The number of benzene rings is 5. The number of rotatable bonds is 12. The van der Waals surface area contributed by atoms with Gasteiger partial charge in [0.05, 0.1) is 46.4 Å². The number of halogens is 2. The summed E-state index contributed by atoms with van der Waals surface area (Å²) in [4.78, 5) is 82.8. The highest BCUT2D eigenvalue weighted by Gasteiger charge is 2.23. The van der Waals surface area contributed by atoms with Crippen LogP contribution >= 0.6 is 0 Å². The molecule has 70 heavy (non-hydrogen) atoms. The van der Waals surface area contributed by atoms with Gasteiger partial charge in [-0.05, 0) is 87.0 Å². The van der Waals surface area contributed by atoms with E-state index in [1.807, 2.05) is 30.3 Å². The predicted molar refractivity (Wildman–Crippen MR) is 259 cm³/mol. The van der Waals surface area contributed by atoms with Crippen LogP contribution in [0.1, 0.15) is 26.3 Å². The van der Waals surface area contributed by atoms with Gasteiger partial charge in [0, 0.05) is 41.0 Å². The Kier molecular flexibility index (Phi) is 14.0. The van der Waals surface area contributed by atoms with Crippen molar-refractivity contribution in [2.75, 3.05) is 23.8 Å². The van der Waals surface area contributed by atoms with Crippen LogP contribution in [0.25, 0.3) is 55.0 Å². The molecule has 9 aromatic rings. The van der Waals surface area contributed by atoms with Crippen LogP contribution in [0.5, 0.6) is 0 Å². The second-order valence-corrected chi connectivity index (χ2v) is 15.6. The van der Waals surface area contributed by atoms with Crippen molar-refractivity contribution in [2.24, 2.45) is 0 Å². The van der Waals surface area contributed by atoms with E-state index in [0.29, 0.717) is 55.3 Å². The Hall–Kier alpha value is -9.20. The predicted octanol–water partition coefficient (Wildman–Crippen LogP) is 7.38. The number of esters is 2. The molecule has 20 heteroatoms. The lowest BCUT2D eigenvalue weighted by atomic mass is 10.1. The van der Waals surface area contributed by atoms with E-state index in [1.54, 1.807) is 86.6 Å². The Balaban J connectivity index is 0.000000191. The minimum atomic E-state index is -0.866. The monoisotopic (exact) mass is 950 g/mol. The number of hydrogen-bond acceptors (Lipinski definition) is 10. The molecule has 5 aromatic carbocycles. The Morgan fingerprint density at radius 3 is 1.51 bits per heavy atom. The Morgan fingerprint density at radius 1 is 0.586 bits per heavy atom. The van der Waals surface area contributed by atoms with Crippen LogP contribution in [0, 0.1) is 11.6 Å². The summed E-state index contributed by atoms with van der Waals surface area (Å²) in [7, 11) is 0. The number of urea groups is 2. The molecule has 0 aliphatic heterocycles. The van der Waals surface area contributed by atoms with Crippen molar-refractivity contribution in [3.63, 3.8) is 0 Å². The Labute approximate surface area is 395 Å². The minimum absolute atomic E-state index is 0.173. The number of carbonyl (C=O) groups excluding carboxylic acids is 4. The number of H-pyrrole nitrogens is 2. The first-order valence-electron chi connectivity index (χ1n) is 21.9. The van der Waals surface area contributed by atoms with E-state index >= 15 is 0 Å². The molecule has 0 spiro atoms. The molecule has 0 saturated carbocycles. The third-order valence-electron chi connectivity index (χ3n) is 10.9. The number of fused-ring (bicyclic) bond motifs is 6. The van der Waals surface area contributed by atoms with E-state index in [9.17, 15) is 37.5 Å². The molecule has 18 nitrogen and oxygen atoms in total. The molecule has 0 radical (unpaired) electrons.